The molecule has 0 radical (unpaired) electrons. The molecule has 144 valence electrons. The highest BCUT2D eigenvalue weighted by atomic mass is 32.1. The van der Waals surface area contributed by atoms with Crippen molar-refractivity contribution in [1.82, 2.24) is 9.97 Å². The summed E-state index contributed by atoms with van der Waals surface area (Å²) in [6.07, 6.45) is 4.00. The van der Waals surface area contributed by atoms with Gasteiger partial charge in [0, 0.05) is 30.2 Å². The monoisotopic (exact) mass is 394 g/mol. The second-order valence-corrected chi connectivity index (χ2v) is 7.35. The van der Waals surface area contributed by atoms with Gasteiger partial charge in [0.15, 0.2) is 5.13 Å². The Balaban J connectivity index is 1.55. The number of hydrogen-bond donors (Lipinski definition) is 1. The maximum absolute atomic E-state index is 12.9. The van der Waals surface area contributed by atoms with E-state index in [1.807, 2.05) is 42.6 Å². The summed E-state index contributed by atoms with van der Waals surface area (Å²) in [6.45, 7) is 4.42. The molecular weight excluding hydrogens is 372 g/mol. The van der Waals surface area contributed by atoms with Crippen LogP contribution in [-0.4, -0.2) is 35.6 Å². The number of carbonyl (C=O) groups is 1. The molecular formula is C21H22N4O2S. The molecule has 4 rings (SSSR count). The van der Waals surface area contributed by atoms with E-state index in [0.29, 0.717) is 17.3 Å². The standard InChI is InChI=1S/C21H22N4O2S/c1-2-27-18-10-4-3-8-15(18)17-14-28-21(23-17)24-20(26)16-9-7-11-22-19(16)25-12-5-6-13-25/h3-4,7-11,14H,2,5-6,12-13H2,1H3,(H,23,24,26). The minimum atomic E-state index is -0.186. The van der Waals surface area contributed by atoms with E-state index in [2.05, 4.69) is 20.2 Å². The topological polar surface area (TPSA) is 67.3 Å². The molecule has 1 aliphatic heterocycles. The smallest absolute Gasteiger partial charge is 0.261 e. The number of aromatic nitrogens is 2. The van der Waals surface area contributed by atoms with Gasteiger partial charge in [-0.15, -0.1) is 11.3 Å². The Morgan fingerprint density at radius 3 is 2.86 bits per heavy atom. The predicted molar refractivity (Wildman–Crippen MR) is 112 cm³/mol. The molecule has 1 aromatic carbocycles. The zero-order chi connectivity index (χ0) is 19.3. The van der Waals surface area contributed by atoms with Gasteiger partial charge < -0.3 is 9.64 Å². The van der Waals surface area contributed by atoms with Crippen LogP contribution in [0.3, 0.4) is 0 Å². The van der Waals surface area contributed by atoms with Gasteiger partial charge in [0.25, 0.3) is 5.91 Å². The van der Waals surface area contributed by atoms with Gasteiger partial charge in [-0.3, -0.25) is 10.1 Å². The maximum Gasteiger partial charge on any atom is 0.261 e. The van der Waals surface area contributed by atoms with E-state index in [4.69, 9.17) is 4.74 Å². The number of carbonyl (C=O) groups excluding carboxylic acids is 1. The van der Waals surface area contributed by atoms with Crippen LogP contribution in [0.1, 0.15) is 30.1 Å². The highest BCUT2D eigenvalue weighted by Gasteiger charge is 2.21. The van der Waals surface area contributed by atoms with E-state index in [9.17, 15) is 4.79 Å². The Kier molecular flexibility index (Phi) is 5.53. The van der Waals surface area contributed by atoms with Crippen LogP contribution in [0, 0.1) is 0 Å². The number of nitrogens with one attached hydrogen (secondary N) is 1. The molecule has 1 N–H and O–H groups in total. The molecule has 0 aliphatic carbocycles. The fourth-order valence-corrected chi connectivity index (χ4v) is 4.04. The molecule has 2 aromatic heterocycles. The lowest BCUT2D eigenvalue weighted by Crippen LogP contribution is -2.24. The van der Waals surface area contributed by atoms with Crippen molar-refractivity contribution in [2.45, 2.75) is 19.8 Å². The SMILES string of the molecule is CCOc1ccccc1-c1csc(NC(=O)c2cccnc2N2CCCC2)n1. The minimum Gasteiger partial charge on any atom is -0.493 e. The average Bonchev–Trinajstić information content (AvgIpc) is 3.41. The van der Waals surface area contributed by atoms with Crippen molar-refractivity contribution < 1.29 is 9.53 Å². The third kappa shape index (κ3) is 3.84. The molecule has 6 nitrogen and oxygen atoms in total. The summed E-state index contributed by atoms with van der Waals surface area (Å²) in [7, 11) is 0. The highest BCUT2D eigenvalue weighted by Crippen LogP contribution is 2.32. The Bertz CT molecular complexity index is 966. The lowest BCUT2D eigenvalue weighted by Gasteiger charge is -2.19. The lowest BCUT2D eigenvalue weighted by atomic mass is 10.1. The Labute approximate surface area is 168 Å². The van der Waals surface area contributed by atoms with Crippen LogP contribution >= 0.6 is 11.3 Å². The van der Waals surface area contributed by atoms with Crippen molar-refractivity contribution >= 4 is 28.2 Å². The number of pyridine rings is 1. The van der Waals surface area contributed by atoms with Crippen LogP contribution in [0.15, 0.2) is 48.0 Å². The van der Waals surface area contributed by atoms with Crippen molar-refractivity contribution in [1.29, 1.82) is 0 Å². The number of ether oxygens (including phenoxy) is 1. The molecule has 3 heterocycles. The molecule has 28 heavy (non-hydrogen) atoms. The van der Waals surface area contributed by atoms with Crippen LogP contribution in [0.25, 0.3) is 11.3 Å². The van der Waals surface area contributed by atoms with Crippen molar-refractivity contribution in [2.24, 2.45) is 0 Å². The average molecular weight is 395 g/mol. The minimum absolute atomic E-state index is 0.186. The van der Waals surface area contributed by atoms with Crippen LogP contribution in [0.4, 0.5) is 10.9 Å². The second-order valence-electron chi connectivity index (χ2n) is 6.49. The summed E-state index contributed by atoms with van der Waals surface area (Å²) >= 11 is 1.40. The fourth-order valence-electron chi connectivity index (χ4n) is 3.33. The summed E-state index contributed by atoms with van der Waals surface area (Å²) < 4.78 is 5.69. The van der Waals surface area contributed by atoms with Gasteiger partial charge in [-0.1, -0.05) is 12.1 Å². The van der Waals surface area contributed by atoms with Crippen molar-refractivity contribution in [3.05, 3.63) is 53.5 Å². The quantitative estimate of drug-likeness (QED) is 0.669. The summed E-state index contributed by atoms with van der Waals surface area (Å²) in [5.41, 5.74) is 2.28. The third-order valence-corrected chi connectivity index (χ3v) is 5.38. The molecule has 0 saturated carbocycles. The Morgan fingerprint density at radius 1 is 1.21 bits per heavy atom. The van der Waals surface area contributed by atoms with Gasteiger partial charge in [-0.25, -0.2) is 9.97 Å². The fraction of sp³-hybridized carbons (Fsp3) is 0.286. The zero-order valence-electron chi connectivity index (χ0n) is 15.7. The van der Waals surface area contributed by atoms with Gasteiger partial charge in [0.05, 0.1) is 17.9 Å². The summed E-state index contributed by atoms with van der Waals surface area (Å²) in [5, 5.41) is 5.41. The molecule has 1 amide bonds. The Hall–Kier alpha value is -2.93. The first-order valence-corrected chi connectivity index (χ1v) is 10.3. The van der Waals surface area contributed by atoms with Crippen molar-refractivity contribution in [3.8, 4) is 17.0 Å². The summed E-state index contributed by atoms with van der Waals surface area (Å²) in [6, 6.07) is 11.4. The van der Waals surface area contributed by atoms with E-state index in [1.54, 1.807) is 12.3 Å². The normalized spacial score (nSPS) is 13.5. The molecule has 7 heteroatoms. The first kappa shape index (κ1) is 18.4. The van der Waals surface area contributed by atoms with Gasteiger partial charge in [0.1, 0.15) is 11.6 Å². The van der Waals surface area contributed by atoms with E-state index in [1.165, 1.54) is 11.3 Å². The van der Waals surface area contributed by atoms with Gasteiger partial charge in [-0.2, -0.15) is 0 Å². The van der Waals surface area contributed by atoms with E-state index >= 15 is 0 Å². The number of rotatable bonds is 6. The van der Waals surface area contributed by atoms with Crippen molar-refractivity contribution in [3.63, 3.8) is 0 Å². The number of anilines is 2. The number of benzene rings is 1. The molecule has 0 spiro atoms. The number of hydrogen-bond acceptors (Lipinski definition) is 6. The third-order valence-electron chi connectivity index (χ3n) is 4.62. The largest absolute Gasteiger partial charge is 0.493 e. The summed E-state index contributed by atoms with van der Waals surface area (Å²) in [5.74, 6) is 1.35. The molecule has 0 atom stereocenters. The van der Waals surface area contributed by atoms with Gasteiger partial charge in [-0.05, 0) is 44.0 Å². The summed E-state index contributed by atoms with van der Waals surface area (Å²) in [4.78, 5) is 24.1. The van der Waals surface area contributed by atoms with Gasteiger partial charge >= 0.3 is 0 Å². The molecule has 1 fully saturated rings. The number of nitrogens with zero attached hydrogens (tertiary/aromatic N) is 3. The molecule has 0 unspecified atom stereocenters. The molecule has 3 aromatic rings. The van der Waals surface area contributed by atoms with Crippen molar-refractivity contribution in [2.75, 3.05) is 29.9 Å². The number of amides is 1. The molecule has 1 saturated heterocycles. The second kappa shape index (κ2) is 8.39. The zero-order valence-corrected chi connectivity index (χ0v) is 16.5. The number of thiazole rings is 1. The molecule has 0 bridgehead atoms. The first-order chi connectivity index (χ1) is 13.8. The predicted octanol–water partition coefficient (Wildman–Crippen LogP) is 4.46. The Morgan fingerprint density at radius 2 is 2.04 bits per heavy atom. The van der Waals surface area contributed by atoms with E-state index in [0.717, 1.165) is 48.8 Å². The lowest BCUT2D eigenvalue weighted by molar-refractivity contribution is 0.102. The van der Waals surface area contributed by atoms with Crippen LogP contribution in [0.5, 0.6) is 5.75 Å². The number of para-hydroxylation sites is 1. The van der Waals surface area contributed by atoms with Crippen LogP contribution in [0.2, 0.25) is 0 Å². The van der Waals surface area contributed by atoms with Crippen LogP contribution in [-0.2, 0) is 0 Å². The van der Waals surface area contributed by atoms with E-state index < -0.39 is 0 Å². The highest BCUT2D eigenvalue weighted by molar-refractivity contribution is 7.14. The maximum atomic E-state index is 12.9. The first-order valence-electron chi connectivity index (χ1n) is 9.45. The molecule has 1 aliphatic rings. The van der Waals surface area contributed by atoms with E-state index in [-0.39, 0.29) is 5.91 Å². The van der Waals surface area contributed by atoms with Gasteiger partial charge in [0.2, 0.25) is 0 Å². The van der Waals surface area contributed by atoms with Crippen LogP contribution < -0.4 is 15.0 Å².